The number of rotatable bonds is 3. The molecule has 0 fully saturated rings. The lowest BCUT2D eigenvalue weighted by Crippen LogP contribution is -2.43. The molecule has 23 heavy (non-hydrogen) atoms. The van der Waals surface area contributed by atoms with E-state index in [2.05, 4.69) is 5.32 Å². The van der Waals surface area contributed by atoms with Gasteiger partial charge in [-0.05, 0) is 42.9 Å². The van der Waals surface area contributed by atoms with E-state index in [1.54, 1.807) is 0 Å². The van der Waals surface area contributed by atoms with E-state index in [4.69, 9.17) is 17.0 Å². The largest absolute Gasteiger partial charge is 0.469 e. The lowest BCUT2D eigenvalue weighted by molar-refractivity contribution is -0.141. The van der Waals surface area contributed by atoms with Crippen molar-refractivity contribution >= 4 is 34.7 Å². The van der Waals surface area contributed by atoms with Crippen molar-refractivity contribution in [1.29, 1.82) is 0 Å². The van der Waals surface area contributed by atoms with Crippen LogP contribution in [0, 0.1) is 6.92 Å². The fourth-order valence-electron chi connectivity index (χ4n) is 2.80. The molecule has 5 heteroatoms. The molecule has 0 saturated carbocycles. The summed E-state index contributed by atoms with van der Waals surface area (Å²) in [6.45, 7) is 2.04. The summed E-state index contributed by atoms with van der Waals surface area (Å²) in [4.78, 5) is 13.9. The molecule has 118 valence electrons. The molecule has 0 saturated heterocycles. The Bertz CT molecular complexity index is 743. The molecule has 1 aliphatic rings. The van der Waals surface area contributed by atoms with Gasteiger partial charge in [-0.3, -0.25) is 4.79 Å². The first-order valence-electron chi connectivity index (χ1n) is 7.43. The van der Waals surface area contributed by atoms with Crippen LogP contribution in [0.25, 0.3) is 0 Å². The second-order valence-electron chi connectivity index (χ2n) is 5.52. The predicted molar refractivity (Wildman–Crippen MR) is 95.7 cm³/mol. The van der Waals surface area contributed by atoms with E-state index in [1.807, 2.05) is 60.4 Å². The first-order chi connectivity index (χ1) is 11.1. The van der Waals surface area contributed by atoms with E-state index >= 15 is 0 Å². The number of carbonyl (C=O) groups is 1. The van der Waals surface area contributed by atoms with Crippen molar-refractivity contribution in [2.75, 3.05) is 17.3 Å². The molecule has 2 aromatic carbocycles. The topological polar surface area (TPSA) is 41.6 Å². The van der Waals surface area contributed by atoms with Gasteiger partial charge in [0.05, 0.1) is 19.6 Å². The maximum Gasteiger partial charge on any atom is 0.307 e. The molecule has 4 nitrogen and oxygen atoms in total. The number of anilines is 2. The number of esters is 1. The van der Waals surface area contributed by atoms with Gasteiger partial charge in [0, 0.05) is 11.4 Å². The van der Waals surface area contributed by atoms with E-state index in [-0.39, 0.29) is 18.4 Å². The van der Waals surface area contributed by atoms with E-state index in [1.165, 1.54) is 12.7 Å². The summed E-state index contributed by atoms with van der Waals surface area (Å²) in [5, 5.41) is 3.83. The van der Waals surface area contributed by atoms with Crippen molar-refractivity contribution in [3.8, 4) is 0 Å². The zero-order valence-electron chi connectivity index (χ0n) is 13.1. The number of hydrogen-bond donors (Lipinski definition) is 1. The SMILES string of the molecule is COC(=O)CC1c2ccccc2NC(=S)N1c1ccc(C)cc1. The van der Waals surface area contributed by atoms with Crippen LogP contribution in [0.4, 0.5) is 11.4 Å². The highest BCUT2D eigenvalue weighted by Gasteiger charge is 2.32. The highest BCUT2D eigenvalue weighted by Crippen LogP contribution is 2.38. The number of para-hydroxylation sites is 1. The van der Waals surface area contributed by atoms with Gasteiger partial charge in [-0.15, -0.1) is 0 Å². The van der Waals surface area contributed by atoms with E-state index in [0.29, 0.717) is 5.11 Å². The van der Waals surface area contributed by atoms with Gasteiger partial charge in [-0.2, -0.15) is 0 Å². The van der Waals surface area contributed by atoms with Crippen molar-refractivity contribution in [3.63, 3.8) is 0 Å². The van der Waals surface area contributed by atoms with Gasteiger partial charge in [-0.1, -0.05) is 35.9 Å². The zero-order chi connectivity index (χ0) is 16.4. The van der Waals surface area contributed by atoms with Crippen molar-refractivity contribution in [2.24, 2.45) is 0 Å². The summed E-state index contributed by atoms with van der Waals surface area (Å²) >= 11 is 5.55. The van der Waals surface area contributed by atoms with Gasteiger partial charge in [0.1, 0.15) is 0 Å². The molecule has 1 heterocycles. The van der Waals surface area contributed by atoms with Gasteiger partial charge in [0.25, 0.3) is 0 Å². The number of nitrogens with one attached hydrogen (secondary N) is 1. The van der Waals surface area contributed by atoms with Crippen LogP contribution in [0.3, 0.4) is 0 Å². The first kappa shape index (κ1) is 15.5. The minimum absolute atomic E-state index is 0.185. The minimum atomic E-state index is -0.258. The quantitative estimate of drug-likeness (QED) is 0.686. The van der Waals surface area contributed by atoms with Gasteiger partial charge in [-0.25, -0.2) is 0 Å². The minimum Gasteiger partial charge on any atom is -0.469 e. The molecule has 0 amide bonds. The van der Waals surface area contributed by atoms with E-state index < -0.39 is 0 Å². The van der Waals surface area contributed by atoms with Crippen LogP contribution >= 0.6 is 12.2 Å². The van der Waals surface area contributed by atoms with Crippen LogP contribution in [0.5, 0.6) is 0 Å². The van der Waals surface area contributed by atoms with Crippen molar-refractivity contribution in [2.45, 2.75) is 19.4 Å². The average Bonchev–Trinajstić information content (AvgIpc) is 2.56. The first-order valence-corrected chi connectivity index (χ1v) is 7.83. The predicted octanol–water partition coefficient (Wildman–Crippen LogP) is 3.82. The molecule has 1 atom stereocenters. The highest BCUT2D eigenvalue weighted by atomic mass is 32.1. The maximum absolute atomic E-state index is 11.9. The van der Waals surface area contributed by atoms with Gasteiger partial charge >= 0.3 is 5.97 Å². The average molecular weight is 326 g/mol. The lowest BCUT2D eigenvalue weighted by Gasteiger charge is -2.39. The normalized spacial score (nSPS) is 16.5. The zero-order valence-corrected chi connectivity index (χ0v) is 13.9. The number of aryl methyl sites for hydroxylation is 1. The Morgan fingerprint density at radius 1 is 1.22 bits per heavy atom. The summed E-state index contributed by atoms with van der Waals surface area (Å²) < 4.78 is 4.88. The summed E-state index contributed by atoms with van der Waals surface area (Å²) in [5.41, 5.74) is 4.10. The number of benzene rings is 2. The third-order valence-corrected chi connectivity index (χ3v) is 4.29. The van der Waals surface area contributed by atoms with Crippen LogP contribution in [0.2, 0.25) is 0 Å². The Morgan fingerprint density at radius 2 is 1.91 bits per heavy atom. The molecule has 2 aromatic rings. The Hall–Kier alpha value is -2.40. The molecular formula is C18H18N2O2S. The number of carbonyl (C=O) groups excluding carboxylic acids is 1. The van der Waals surface area contributed by atoms with Crippen molar-refractivity contribution in [1.82, 2.24) is 0 Å². The standard InChI is InChI=1S/C18H18N2O2S/c1-12-7-9-13(10-8-12)20-16(11-17(21)22-2)14-5-3-4-6-15(14)19-18(20)23/h3-10,16H,11H2,1-2H3,(H,19,23). The van der Waals surface area contributed by atoms with Crippen LogP contribution in [0.1, 0.15) is 23.6 Å². The Morgan fingerprint density at radius 3 is 2.61 bits per heavy atom. The molecule has 0 radical (unpaired) electrons. The summed E-state index contributed by atoms with van der Waals surface area (Å²) in [6, 6.07) is 15.8. The number of methoxy groups -OCH3 is 1. The van der Waals surface area contributed by atoms with Crippen LogP contribution in [-0.2, 0) is 9.53 Å². The fraction of sp³-hybridized carbons (Fsp3) is 0.222. The molecule has 1 N–H and O–H groups in total. The smallest absolute Gasteiger partial charge is 0.307 e. The Labute approximate surface area is 141 Å². The monoisotopic (exact) mass is 326 g/mol. The van der Waals surface area contributed by atoms with E-state index in [9.17, 15) is 4.79 Å². The van der Waals surface area contributed by atoms with Gasteiger partial charge in [0.15, 0.2) is 5.11 Å². The number of hydrogen-bond acceptors (Lipinski definition) is 3. The molecular weight excluding hydrogens is 308 g/mol. The van der Waals surface area contributed by atoms with Gasteiger partial charge in [0.2, 0.25) is 0 Å². The molecule has 0 bridgehead atoms. The van der Waals surface area contributed by atoms with Crippen LogP contribution < -0.4 is 10.2 Å². The Kier molecular flexibility index (Phi) is 4.30. The molecule has 1 unspecified atom stereocenters. The fourth-order valence-corrected chi connectivity index (χ4v) is 3.15. The summed E-state index contributed by atoms with van der Waals surface area (Å²) in [7, 11) is 1.41. The summed E-state index contributed by atoms with van der Waals surface area (Å²) in [5.74, 6) is -0.258. The lowest BCUT2D eigenvalue weighted by atomic mass is 9.97. The van der Waals surface area contributed by atoms with Crippen LogP contribution in [0.15, 0.2) is 48.5 Å². The third kappa shape index (κ3) is 3.05. The molecule has 0 spiro atoms. The summed E-state index contributed by atoms with van der Waals surface area (Å²) in [6.07, 6.45) is 0.239. The second-order valence-corrected chi connectivity index (χ2v) is 5.91. The second kappa shape index (κ2) is 6.38. The number of ether oxygens (including phenoxy) is 1. The number of fused-ring (bicyclic) bond motifs is 1. The number of nitrogens with zero attached hydrogens (tertiary/aromatic N) is 1. The molecule has 3 rings (SSSR count). The van der Waals surface area contributed by atoms with E-state index in [0.717, 1.165) is 16.9 Å². The number of thiocarbonyl (C=S) groups is 1. The van der Waals surface area contributed by atoms with Crippen LogP contribution in [-0.4, -0.2) is 18.2 Å². The third-order valence-electron chi connectivity index (χ3n) is 3.99. The van der Waals surface area contributed by atoms with Crippen molar-refractivity contribution < 1.29 is 9.53 Å². The Balaban J connectivity index is 2.06. The molecule has 0 aliphatic carbocycles. The maximum atomic E-state index is 11.9. The molecule has 0 aromatic heterocycles. The molecule has 1 aliphatic heterocycles. The van der Waals surface area contributed by atoms with Crippen molar-refractivity contribution in [3.05, 3.63) is 59.7 Å². The van der Waals surface area contributed by atoms with Gasteiger partial charge < -0.3 is 15.0 Å². The highest BCUT2D eigenvalue weighted by molar-refractivity contribution is 7.80.